The third kappa shape index (κ3) is 7.76. The van der Waals surface area contributed by atoms with E-state index in [0.717, 1.165) is 22.7 Å². The summed E-state index contributed by atoms with van der Waals surface area (Å²) in [6, 6.07) is 84.8. The molecule has 0 radical (unpaired) electrons. The molecule has 2 nitrogen and oxygen atoms in total. The second-order valence-electron chi connectivity index (χ2n) is 20.7. The van der Waals surface area contributed by atoms with Gasteiger partial charge >= 0.3 is 0 Å². The van der Waals surface area contributed by atoms with Crippen LogP contribution in [0.4, 0.5) is 34.1 Å². The van der Waals surface area contributed by atoms with Gasteiger partial charge in [-0.25, -0.2) is 0 Å². The number of benzene rings is 10. The summed E-state index contributed by atoms with van der Waals surface area (Å²) in [6.07, 6.45) is 4.59. The monoisotopic (exact) mass is 926 g/mol. The van der Waals surface area contributed by atoms with Crippen LogP contribution in [0.15, 0.2) is 231 Å². The Balaban J connectivity index is 0.826. The molecule has 0 spiro atoms. The van der Waals surface area contributed by atoms with Crippen molar-refractivity contribution in [3.05, 3.63) is 275 Å². The Morgan fingerprint density at radius 2 is 0.597 bits per heavy atom. The number of hydrogen-bond acceptors (Lipinski definition) is 2. The Morgan fingerprint density at radius 1 is 0.292 bits per heavy atom. The van der Waals surface area contributed by atoms with E-state index in [1.54, 1.807) is 0 Å². The zero-order chi connectivity index (χ0) is 49.1. The van der Waals surface area contributed by atoms with E-state index in [4.69, 9.17) is 0 Å². The van der Waals surface area contributed by atoms with Gasteiger partial charge in [-0.05, 0) is 164 Å². The molecule has 0 saturated heterocycles. The van der Waals surface area contributed by atoms with E-state index in [9.17, 15) is 0 Å². The number of rotatable bonds is 10. The van der Waals surface area contributed by atoms with Crippen LogP contribution in [0.2, 0.25) is 0 Å². The predicted octanol–water partition coefficient (Wildman–Crippen LogP) is 19.4. The van der Waals surface area contributed by atoms with Gasteiger partial charge in [0.1, 0.15) is 0 Å². The van der Waals surface area contributed by atoms with Crippen molar-refractivity contribution in [3.63, 3.8) is 0 Å². The van der Waals surface area contributed by atoms with Gasteiger partial charge in [-0.1, -0.05) is 210 Å². The van der Waals surface area contributed by atoms with Crippen molar-refractivity contribution >= 4 is 46.3 Å². The van der Waals surface area contributed by atoms with Crippen LogP contribution in [0.5, 0.6) is 0 Å². The van der Waals surface area contributed by atoms with Gasteiger partial charge in [-0.2, -0.15) is 0 Å². The summed E-state index contributed by atoms with van der Waals surface area (Å²) in [5.41, 5.74) is 27.0. The van der Waals surface area contributed by atoms with Gasteiger partial charge in [0.05, 0.1) is 0 Å². The van der Waals surface area contributed by atoms with Crippen molar-refractivity contribution < 1.29 is 0 Å². The summed E-state index contributed by atoms with van der Waals surface area (Å²) >= 11 is 0. The van der Waals surface area contributed by atoms with Crippen LogP contribution in [-0.4, -0.2) is 0 Å². The van der Waals surface area contributed by atoms with E-state index in [-0.39, 0.29) is 10.8 Å². The molecular formula is C70H58N2. The number of fused-ring (bicyclic) bond motifs is 6. The average molecular weight is 927 g/mol. The van der Waals surface area contributed by atoms with E-state index in [1.807, 2.05) is 0 Å². The van der Waals surface area contributed by atoms with E-state index < -0.39 is 0 Å². The van der Waals surface area contributed by atoms with Crippen molar-refractivity contribution in [3.8, 4) is 44.5 Å². The molecule has 10 aromatic rings. The molecule has 0 unspecified atom stereocenters. The maximum atomic E-state index is 2.43. The smallest absolute Gasteiger partial charge is 0.0490 e. The number of aryl methyl sites for hydroxylation is 2. The molecule has 2 heteroatoms. The molecule has 10 aromatic carbocycles. The van der Waals surface area contributed by atoms with Gasteiger partial charge < -0.3 is 9.80 Å². The summed E-state index contributed by atoms with van der Waals surface area (Å²) in [4.78, 5) is 4.83. The normalized spacial score (nSPS) is 13.6. The molecule has 2 aliphatic rings. The third-order valence-electron chi connectivity index (χ3n) is 15.5. The van der Waals surface area contributed by atoms with Gasteiger partial charge in [-0.3, -0.25) is 0 Å². The van der Waals surface area contributed by atoms with E-state index >= 15 is 0 Å². The lowest BCUT2D eigenvalue weighted by molar-refractivity contribution is 0.660. The molecule has 0 amide bonds. The van der Waals surface area contributed by atoms with E-state index in [1.165, 1.54) is 100 Å². The highest BCUT2D eigenvalue weighted by atomic mass is 15.1. The lowest BCUT2D eigenvalue weighted by Gasteiger charge is -2.29. The number of anilines is 6. The minimum Gasteiger partial charge on any atom is -0.310 e. The van der Waals surface area contributed by atoms with Crippen molar-refractivity contribution in [2.24, 2.45) is 0 Å². The molecule has 0 N–H and O–H groups in total. The quantitative estimate of drug-likeness (QED) is 0.126. The molecule has 0 aromatic heterocycles. The first-order chi connectivity index (χ1) is 35.0. The summed E-state index contributed by atoms with van der Waals surface area (Å²) in [6.45, 7) is 13.9. The maximum absolute atomic E-state index is 2.43. The Labute approximate surface area is 425 Å². The van der Waals surface area contributed by atoms with Crippen molar-refractivity contribution in [1.29, 1.82) is 0 Å². The summed E-state index contributed by atoms with van der Waals surface area (Å²) in [5.74, 6) is 0. The van der Waals surface area contributed by atoms with Crippen LogP contribution in [0.25, 0.3) is 56.7 Å². The first-order valence-electron chi connectivity index (χ1n) is 25.3. The highest BCUT2D eigenvalue weighted by Crippen LogP contribution is 2.53. The van der Waals surface area contributed by atoms with Gasteiger partial charge in [-0.15, -0.1) is 0 Å². The minimum atomic E-state index is -0.193. The molecular weight excluding hydrogens is 869 g/mol. The molecule has 0 aliphatic heterocycles. The molecule has 0 atom stereocenters. The SMILES string of the molecule is Cc1ccccc1N(c1ccc(-c2ccccc2)cc1)c1ccc2c(c1)C(C)(C)c1cc(/C=C/c3ccc4c(c3)C(C)(C)c3cc(N(c5ccc(-c6ccccc6)cc5)c5ccccc5C)ccc3-4)ccc1-2. The topological polar surface area (TPSA) is 6.48 Å². The first-order valence-corrected chi connectivity index (χ1v) is 25.3. The number of nitrogens with zero attached hydrogens (tertiary/aromatic N) is 2. The van der Waals surface area contributed by atoms with E-state index in [2.05, 4.69) is 294 Å². The van der Waals surface area contributed by atoms with Gasteiger partial charge in [0.2, 0.25) is 0 Å². The third-order valence-corrected chi connectivity index (χ3v) is 15.5. The highest BCUT2D eigenvalue weighted by Gasteiger charge is 2.38. The fourth-order valence-electron chi connectivity index (χ4n) is 11.5. The molecule has 72 heavy (non-hydrogen) atoms. The Hall–Kier alpha value is -8.46. The summed E-state index contributed by atoms with van der Waals surface area (Å²) in [7, 11) is 0. The second kappa shape index (κ2) is 17.7. The molecule has 2 aliphatic carbocycles. The predicted molar refractivity (Wildman–Crippen MR) is 307 cm³/mol. The highest BCUT2D eigenvalue weighted by molar-refractivity contribution is 5.90. The molecule has 0 bridgehead atoms. The number of hydrogen-bond donors (Lipinski definition) is 0. The zero-order valence-corrected chi connectivity index (χ0v) is 42.0. The van der Waals surface area contributed by atoms with Crippen LogP contribution >= 0.6 is 0 Å². The summed E-state index contributed by atoms with van der Waals surface area (Å²) < 4.78 is 0. The molecule has 12 rings (SSSR count). The standard InChI is InChI=1S/C70H58N2/c1-47-17-13-15-23-67(47)71(55-33-29-53(30-34-55)51-19-9-7-10-20-51)57-37-41-61-59-39-27-49(43-63(59)69(3,4)65(61)45-57)25-26-50-28-40-60-62-42-38-58(46-66(62)70(5,6)64(60)44-50)72(68-24-16-14-18-48(68)2)56-35-31-54(32-36-56)52-21-11-8-12-22-52/h7-46H,1-6H3/b26-25+. The molecule has 0 heterocycles. The molecule has 348 valence electrons. The van der Waals surface area contributed by atoms with Crippen LogP contribution in [0.1, 0.15) is 72.2 Å². The number of para-hydroxylation sites is 2. The summed E-state index contributed by atoms with van der Waals surface area (Å²) in [5, 5.41) is 0. The molecule has 0 fully saturated rings. The van der Waals surface area contributed by atoms with Crippen LogP contribution < -0.4 is 9.80 Å². The lowest BCUT2D eigenvalue weighted by atomic mass is 9.81. The maximum Gasteiger partial charge on any atom is 0.0490 e. The Kier molecular flexibility index (Phi) is 11.0. The fraction of sp³-hybridized carbons (Fsp3) is 0.114. The van der Waals surface area contributed by atoms with E-state index in [0.29, 0.717) is 0 Å². The van der Waals surface area contributed by atoms with Gasteiger partial charge in [0.15, 0.2) is 0 Å². The fourth-order valence-corrected chi connectivity index (χ4v) is 11.5. The average Bonchev–Trinajstić information content (AvgIpc) is 3.78. The minimum absolute atomic E-state index is 0.193. The lowest BCUT2D eigenvalue weighted by Crippen LogP contribution is -2.17. The Bertz CT molecular complexity index is 3450. The van der Waals surface area contributed by atoms with Crippen molar-refractivity contribution in [2.45, 2.75) is 52.4 Å². The zero-order valence-electron chi connectivity index (χ0n) is 42.0. The Morgan fingerprint density at radius 3 is 0.972 bits per heavy atom. The largest absolute Gasteiger partial charge is 0.310 e. The van der Waals surface area contributed by atoms with Crippen LogP contribution in [0, 0.1) is 13.8 Å². The van der Waals surface area contributed by atoms with Crippen molar-refractivity contribution in [1.82, 2.24) is 0 Å². The first kappa shape index (κ1) is 44.7. The molecule has 0 saturated carbocycles. The van der Waals surface area contributed by atoms with Crippen molar-refractivity contribution in [2.75, 3.05) is 9.80 Å². The second-order valence-corrected chi connectivity index (χ2v) is 20.7. The van der Waals surface area contributed by atoms with Gasteiger partial charge in [0, 0.05) is 45.0 Å². The van der Waals surface area contributed by atoms with Crippen LogP contribution in [0.3, 0.4) is 0 Å². The van der Waals surface area contributed by atoms with Crippen LogP contribution in [-0.2, 0) is 10.8 Å². The van der Waals surface area contributed by atoms with Gasteiger partial charge in [0.25, 0.3) is 0 Å².